The van der Waals surface area contributed by atoms with E-state index in [2.05, 4.69) is 35.5 Å². The summed E-state index contributed by atoms with van der Waals surface area (Å²) in [6.07, 6.45) is 4.81. The van der Waals surface area contributed by atoms with Crippen LogP contribution in [0.15, 0.2) is 60.0 Å². The number of hydrogen-bond donors (Lipinski definition) is 2. The quantitative estimate of drug-likeness (QED) is 0.545. The van der Waals surface area contributed by atoms with Crippen molar-refractivity contribution in [2.24, 2.45) is 4.99 Å². The van der Waals surface area contributed by atoms with Crippen LogP contribution in [-0.2, 0) is 0 Å². The highest BCUT2D eigenvalue weighted by Gasteiger charge is 2.12. The molecule has 0 saturated heterocycles. The minimum Gasteiger partial charge on any atom is -0.339 e. The zero-order valence-corrected chi connectivity index (χ0v) is 13.6. The predicted molar refractivity (Wildman–Crippen MR) is 97.9 cm³/mol. The van der Waals surface area contributed by atoms with Gasteiger partial charge in [0.05, 0.1) is 11.9 Å². The van der Waals surface area contributed by atoms with Crippen molar-refractivity contribution >= 4 is 46.2 Å². The number of fused-ring (bicyclic) bond motifs is 1. The third-order valence-electron chi connectivity index (χ3n) is 3.43. The number of aromatic amines is 1. The van der Waals surface area contributed by atoms with Crippen molar-refractivity contribution in [1.82, 2.24) is 25.1 Å². The number of aliphatic imine (C=N–C) groups is 1. The zero-order chi connectivity index (χ0) is 17.1. The molecule has 0 fully saturated rings. The van der Waals surface area contributed by atoms with Crippen molar-refractivity contribution in [2.45, 2.75) is 0 Å². The van der Waals surface area contributed by atoms with Gasteiger partial charge in [0.2, 0.25) is 0 Å². The van der Waals surface area contributed by atoms with Crippen molar-refractivity contribution < 1.29 is 0 Å². The molecule has 8 heteroatoms. The maximum Gasteiger partial charge on any atom is 0.187 e. The lowest BCUT2D eigenvalue weighted by molar-refractivity contribution is 1.08. The van der Waals surface area contributed by atoms with Crippen molar-refractivity contribution in [3.05, 3.63) is 65.7 Å². The Hall–Kier alpha value is -3.32. The largest absolute Gasteiger partial charge is 0.339 e. The van der Waals surface area contributed by atoms with Crippen LogP contribution in [0.1, 0.15) is 5.69 Å². The van der Waals surface area contributed by atoms with Crippen LogP contribution in [0.25, 0.3) is 11.0 Å². The highest BCUT2D eigenvalue weighted by atomic mass is 35.5. The van der Waals surface area contributed by atoms with Gasteiger partial charge < -0.3 is 5.32 Å². The Labute approximate surface area is 147 Å². The summed E-state index contributed by atoms with van der Waals surface area (Å²) in [5.41, 5.74) is 2.14. The van der Waals surface area contributed by atoms with E-state index >= 15 is 0 Å². The van der Waals surface area contributed by atoms with E-state index in [9.17, 15) is 0 Å². The molecule has 0 atom stereocenters. The number of benzene rings is 1. The molecule has 0 bridgehead atoms. The molecule has 0 spiro atoms. The van der Waals surface area contributed by atoms with Gasteiger partial charge in [-0.3, -0.25) is 10.1 Å². The molecular weight excluding hydrogens is 338 g/mol. The minimum atomic E-state index is 0.478. The lowest BCUT2D eigenvalue weighted by Gasteiger charge is -2.06. The smallest absolute Gasteiger partial charge is 0.187 e. The number of H-pyrrole nitrogens is 1. The van der Waals surface area contributed by atoms with E-state index in [0.717, 1.165) is 11.4 Å². The highest BCUT2D eigenvalue weighted by Crippen LogP contribution is 2.30. The third kappa shape index (κ3) is 3.31. The molecule has 3 heterocycles. The number of nitrogens with one attached hydrogen (secondary N) is 2. The molecule has 0 saturated carbocycles. The molecule has 0 unspecified atom stereocenters. The van der Waals surface area contributed by atoms with Crippen LogP contribution in [0, 0.1) is 0 Å². The Balaban J connectivity index is 1.73. The second-order valence-electron chi connectivity index (χ2n) is 5.14. The average Bonchev–Trinajstić information content (AvgIpc) is 3.05. The number of aromatic nitrogens is 5. The average molecular weight is 350 g/mol. The molecule has 0 aliphatic carbocycles. The molecule has 0 radical (unpaired) electrons. The molecule has 1 aromatic carbocycles. The highest BCUT2D eigenvalue weighted by molar-refractivity contribution is 6.30. The number of hydrogen-bond acceptors (Lipinski definition) is 6. The Bertz CT molecular complexity index is 1040. The number of nitrogens with zero attached hydrogens (tertiary/aromatic N) is 5. The first kappa shape index (κ1) is 15.2. The molecule has 7 nitrogen and oxygen atoms in total. The number of rotatable bonds is 4. The van der Waals surface area contributed by atoms with Crippen LogP contribution in [0.4, 0.5) is 17.3 Å². The van der Waals surface area contributed by atoms with E-state index in [0.29, 0.717) is 27.7 Å². The fraction of sp³-hybridized carbons (Fsp3) is 0. The van der Waals surface area contributed by atoms with Crippen molar-refractivity contribution in [3.63, 3.8) is 0 Å². The second-order valence-corrected chi connectivity index (χ2v) is 5.58. The van der Waals surface area contributed by atoms with Crippen molar-refractivity contribution in [2.75, 3.05) is 5.32 Å². The SMILES string of the molecule is Clc1cccc(Nc2ncnc3[nH]nc(N=Cc4ccccn4)c23)c1. The summed E-state index contributed by atoms with van der Waals surface area (Å²) in [7, 11) is 0. The molecule has 0 amide bonds. The molecule has 25 heavy (non-hydrogen) atoms. The summed E-state index contributed by atoms with van der Waals surface area (Å²) in [5, 5.41) is 11.6. The van der Waals surface area contributed by atoms with Crippen LogP contribution in [0.5, 0.6) is 0 Å². The van der Waals surface area contributed by atoms with Gasteiger partial charge in [-0.1, -0.05) is 23.7 Å². The Kier molecular flexibility index (Phi) is 4.05. The van der Waals surface area contributed by atoms with E-state index in [-0.39, 0.29) is 0 Å². The van der Waals surface area contributed by atoms with Gasteiger partial charge in [-0.25, -0.2) is 15.0 Å². The number of pyridine rings is 1. The van der Waals surface area contributed by atoms with Gasteiger partial charge in [0, 0.05) is 16.9 Å². The lowest BCUT2D eigenvalue weighted by Crippen LogP contribution is -1.95. The maximum absolute atomic E-state index is 6.04. The summed E-state index contributed by atoms with van der Waals surface area (Å²) in [6, 6.07) is 13.0. The van der Waals surface area contributed by atoms with Crippen molar-refractivity contribution in [1.29, 1.82) is 0 Å². The maximum atomic E-state index is 6.04. The van der Waals surface area contributed by atoms with E-state index in [1.807, 2.05) is 42.5 Å². The van der Waals surface area contributed by atoms with Crippen LogP contribution in [-0.4, -0.2) is 31.4 Å². The first-order valence-electron chi connectivity index (χ1n) is 7.46. The normalized spacial score (nSPS) is 11.2. The molecule has 0 aliphatic heterocycles. The monoisotopic (exact) mass is 349 g/mol. The zero-order valence-electron chi connectivity index (χ0n) is 12.9. The number of anilines is 2. The van der Waals surface area contributed by atoms with Crippen LogP contribution in [0.2, 0.25) is 5.02 Å². The molecule has 4 aromatic rings. The standard InChI is InChI=1S/C17H12ClN7/c18-11-4-3-6-12(8-11)23-15-14-16(24-25-17(14)22-10-21-15)20-9-13-5-1-2-7-19-13/h1-10H,(H2,21,22,23,24,25). The van der Waals surface area contributed by atoms with E-state index in [1.165, 1.54) is 6.33 Å². The van der Waals surface area contributed by atoms with E-state index < -0.39 is 0 Å². The number of halogens is 1. The fourth-order valence-corrected chi connectivity index (χ4v) is 2.51. The van der Waals surface area contributed by atoms with E-state index in [4.69, 9.17) is 11.6 Å². The van der Waals surface area contributed by atoms with Gasteiger partial charge in [0.25, 0.3) is 0 Å². The van der Waals surface area contributed by atoms with Gasteiger partial charge in [-0.2, -0.15) is 5.10 Å². The van der Waals surface area contributed by atoms with Gasteiger partial charge in [0.1, 0.15) is 17.5 Å². The molecule has 122 valence electrons. The second kappa shape index (κ2) is 6.66. The van der Waals surface area contributed by atoms with E-state index in [1.54, 1.807) is 12.4 Å². The van der Waals surface area contributed by atoms with Gasteiger partial charge in [-0.15, -0.1) is 0 Å². The molecule has 0 aliphatic rings. The third-order valence-corrected chi connectivity index (χ3v) is 3.67. The first-order valence-corrected chi connectivity index (χ1v) is 7.84. The summed E-state index contributed by atoms with van der Waals surface area (Å²) in [6.45, 7) is 0. The summed E-state index contributed by atoms with van der Waals surface area (Å²) in [5.74, 6) is 1.07. The van der Waals surface area contributed by atoms with Crippen LogP contribution < -0.4 is 5.32 Å². The minimum absolute atomic E-state index is 0.478. The molecule has 3 aromatic heterocycles. The lowest BCUT2D eigenvalue weighted by atomic mass is 10.3. The predicted octanol–water partition coefficient (Wildman–Crippen LogP) is 3.90. The Morgan fingerprint density at radius 3 is 2.88 bits per heavy atom. The van der Waals surface area contributed by atoms with Crippen molar-refractivity contribution in [3.8, 4) is 0 Å². The fourth-order valence-electron chi connectivity index (χ4n) is 2.31. The molecule has 4 rings (SSSR count). The Morgan fingerprint density at radius 2 is 2.04 bits per heavy atom. The topological polar surface area (TPSA) is 91.7 Å². The first-order chi connectivity index (χ1) is 12.3. The van der Waals surface area contributed by atoms with Gasteiger partial charge in [0.15, 0.2) is 11.5 Å². The van der Waals surface area contributed by atoms with Crippen LogP contribution in [0.3, 0.4) is 0 Å². The summed E-state index contributed by atoms with van der Waals surface area (Å²) in [4.78, 5) is 17.1. The molecule has 2 N–H and O–H groups in total. The summed E-state index contributed by atoms with van der Waals surface area (Å²) >= 11 is 6.04. The summed E-state index contributed by atoms with van der Waals surface area (Å²) < 4.78 is 0. The van der Waals surface area contributed by atoms with Gasteiger partial charge in [-0.05, 0) is 30.3 Å². The van der Waals surface area contributed by atoms with Gasteiger partial charge >= 0.3 is 0 Å². The molecular formula is C17H12ClN7. The Morgan fingerprint density at radius 1 is 1.08 bits per heavy atom. The van der Waals surface area contributed by atoms with Crippen LogP contribution >= 0.6 is 11.6 Å².